The maximum atomic E-state index is 7.08. The third-order valence-electron chi connectivity index (χ3n) is 15.0. The molecule has 0 spiro atoms. The Bertz CT molecular complexity index is 4260. The first kappa shape index (κ1) is 35.1. The molecule has 0 N–H and O–H groups in total. The lowest BCUT2D eigenvalue weighted by Crippen LogP contribution is -2.63. The smallest absolute Gasteiger partial charge is 0.143 e. The Morgan fingerprint density at radius 1 is 0.312 bits per heavy atom. The fourth-order valence-electron chi connectivity index (χ4n) is 12.1. The van der Waals surface area contributed by atoms with Gasteiger partial charge in [-0.2, -0.15) is 0 Å². The first-order chi connectivity index (χ1) is 31.2. The highest BCUT2D eigenvalue weighted by Gasteiger charge is 2.50. The van der Waals surface area contributed by atoms with Gasteiger partial charge in [0.15, 0.2) is 0 Å². The van der Waals surface area contributed by atoms with Crippen molar-refractivity contribution in [1.29, 1.82) is 0 Å². The molecule has 0 bridgehead atoms. The highest BCUT2D eigenvalue weighted by molar-refractivity contribution is 7.13. The molecule has 0 fully saturated rings. The van der Waals surface area contributed by atoms with Crippen molar-refractivity contribution >= 4 is 125 Å². The van der Waals surface area contributed by atoms with E-state index in [-0.39, 0.29) is 0 Å². The molecule has 2 aliphatic heterocycles. The van der Waals surface area contributed by atoms with Crippen molar-refractivity contribution in [3.63, 3.8) is 0 Å². The van der Waals surface area contributed by atoms with E-state index in [0.29, 0.717) is 0 Å². The van der Waals surface area contributed by atoms with E-state index >= 15 is 0 Å². The molecular weight excluding hydrogens is 817 g/mol. The molecule has 15 rings (SSSR count). The zero-order chi connectivity index (χ0) is 42.4. The van der Waals surface area contributed by atoms with E-state index in [9.17, 15) is 0 Å². The fraction of sp³-hybridized carbons (Fsp3) is 0.0690. The van der Waals surface area contributed by atoms with E-state index in [1.165, 1.54) is 49.0 Å². The van der Waals surface area contributed by atoms with Gasteiger partial charge < -0.3 is 17.7 Å². The summed E-state index contributed by atoms with van der Waals surface area (Å²) in [7, 11) is -4.78. The van der Waals surface area contributed by atoms with Crippen molar-refractivity contribution in [3.8, 4) is 44.5 Å². The molecule has 0 atom stereocenters. The average Bonchev–Trinajstić information content (AvgIpc) is 4.15. The summed E-state index contributed by atoms with van der Waals surface area (Å²) in [5, 5.41) is 15.2. The Labute approximate surface area is 369 Å². The molecule has 0 saturated heterocycles. The highest BCUT2D eigenvalue weighted by Crippen LogP contribution is 2.49. The van der Waals surface area contributed by atoms with Crippen LogP contribution in [0.15, 0.2) is 175 Å². The molecule has 9 aromatic carbocycles. The van der Waals surface area contributed by atoms with Crippen LogP contribution in [-0.2, 0) is 0 Å². The Kier molecular flexibility index (Phi) is 6.47. The van der Waals surface area contributed by atoms with Gasteiger partial charge in [-0.05, 0) is 103 Å². The van der Waals surface area contributed by atoms with E-state index in [0.717, 1.165) is 93.7 Å². The minimum Gasteiger partial charge on any atom is -0.456 e. The summed E-state index contributed by atoms with van der Waals surface area (Å²) in [5.74, 6) is 0. The molecule has 0 amide bonds. The van der Waals surface area contributed by atoms with Crippen LogP contribution in [0.3, 0.4) is 0 Å². The van der Waals surface area contributed by atoms with Gasteiger partial charge >= 0.3 is 0 Å². The molecule has 6 heteroatoms. The predicted molar refractivity (Wildman–Crippen MR) is 271 cm³/mol. The topological polar surface area (TPSA) is 52.6 Å². The largest absolute Gasteiger partial charge is 0.456 e. The summed E-state index contributed by atoms with van der Waals surface area (Å²) in [5.41, 5.74) is 17.2. The summed E-state index contributed by atoms with van der Waals surface area (Å²) in [6.07, 6.45) is 0. The zero-order valence-electron chi connectivity index (χ0n) is 35.6. The number of fused-ring (bicyclic) bond motifs is 21. The Hall–Kier alpha value is -7.39. The van der Waals surface area contributed by atoms with Crippen LogP contribution in [0.1, 0.15) is 0 Å². The summed E-state index contributed by atoms with van der Waals surface area (Å²) < 4.78 is 27.0. The summed E-state index contributed by atoms with van der Waals surface area (Å²) >= 11 is 0. The molecular formula is C58H38O4Si2. The van der Waals surface area contributed by atoms with Crippen molar-refractivity contribution in [3.05, 3.63) is 158 Å². The Morgan fingerprint density at radius 2 is 0.734 bits per heavy atom. The molecule has 6 heterocycles. The molecule has 4 aromatic heterocycles. The quantitative estimate of drug-likeness (QED) is 0.163. The third kappa shape index (κ3) is 4.28. The average molecular weight is 855 g/mol. The SMILES string of the molecule is C[Si]1(C)c2cc(-c3ccc4c(c3)oc3ccccc34)c3c(oc4ccccc43)c2-c2ccc3c(c21)[Si](C)(C)c1cc(-c2ccc4c(c2)oc2ccccc24)c2oc4ccccc4c2c1-3. The van der Waals surface area contributed by atoms with Crippen LogP contribution in [0.4, 0.5) is 0 Å². The van der Waals surface area contributed by atoms with Crippen molar-refractivity contribution in [2.75, 3.05) is 0 Å². The van der Waals surface area contributed by atoms with Crippen LogP contribution >= 0.6 is 0 Å². The van der Waals surface area contributed by atoms with Crippen LogP contribution in [-0.4, -0.2) is 16.1 Å². The van der Waals surface area contributed by atoms with Gasteiger partial charge in [0.1, 0.15) is 60.8 Å². The van der Waals surface area contributed by atoms with E-state index < -0.39 is 16.1 Å². The lowest BCUT2D eigenvalue weighted by Gasteiger charge is -2.28. The van der Waals surface area contributed by atoms with Crippen molar-refractivity contribution in [1.82, 2.24) is 0 Å². The van der Waals surface area contributed by atoms with Gasteiger partial charge in [0, 0.05) is 54.2 Å². The lowest BCUT2D eigenvalue weighted by molar-refractivity contribution is 0.668. The number of benzene rings is 9. The van der Waals surface area contributed by atoms with E-state index in [1.807, 2.05) is 12.1 Å². The molecule has 2 aliphatic rings. The number of hydrogen-bond donors (Lipinski definition) is 0. The second-order valence-electron chi connectivity index (χ2n) is 19.1. The number of furan rings is 4. The summed E-state index contributed by atoms with van der Waals surface area (Å²) in [6, 6.07) is 57.1. The van der Waals surface area contributed by atoms with E-state index in [2.05, 4.69) is 172 Å². The molecule has 0 radical (unpaired) electrons. The second kappa shape index (κ2) is 11.8. The molecule has 302 valence electrons. The van der Waals surface area contributed by atoms with E-state index in [4.69, 9.17) is 17.7 Å². The molecule has 4 nitrogen and oxygen atoms in total. The monoisotopic (exact) mass is 854 g/mol. The number of hydrogen-bond acceptors (Lipinski definition) is 4. The Balaban J connectivity index is 0.989. The van der Waals surface area contributed by atoms with Crippen LogP contribution in [0, 0.1) is 0 Å². The molecule has 13 aromatic rings. The summed E-state index contributed by atoms with van der Waals surface area (Å²) in [6.45, 7) is 10.3. The minimum atomic E-state index is -2.39. The van der Waals surface area contributed by atoms with Gasteiger partial charge in [-0.15, -0.1) is 0 Å². The Morgan fingerprint density at radius 3 is 1.31 bits per heavy atom. The van der Waals surface area contributed by atoms with Gasteiger partial charge in [-0.1, -0.05) is 135 Å². The lowest BCUT2D eigenvalue weighted by atomic mass is 9.92. The normalized spacial score (nSPS) is 14.8. The maximum absolute atomic E-state index is 7.08. The van der Waals surface area contributed by atoms with E-state index in [1.54, 1.807) is 10.4 Å². The zero-order valence-corrected chi connectivity index (χ0v) is 37.6. The van der Waals surface area contributed by atoms with Crippen LogP contribution in [0.2, 0.25) is 26.2 Å². The van der Waals surface area contributed by atoms with Crippen molar-refractivity contribution in [2.45, 2.75) is 26.2 Å². The number of para-hydroxylation sites is 4. The van der Waals surface area contributed by atoms with Crippen LogP contribution in [0.5, 0.6) is 0 Å². The highest BCUT2D eigenvalue weighted by atomic mass is 28.3. The van der Waals surface area contributed by atoms with Crippen LogP contribution < -0.4 is 20.7 Å². The fourth-order valence-corrected chi connectivity index (χ4v) is 20.6. The van der Waals surface area contributed by atoms with Crippen molar-refractivity contribution in [2.24, 2.45) is 0 Å². The van der Waals surface area contributed by atoms with Crippen molar-refractivity contribution < 1.29 is 17.7 Å². The first-order valence-electron chi connectivity index (χ1n) is 22.2. The van der Waals surface area contributed by atoms with Gasteiger partial charge in [-0.25, -0.2) is 0 Å². The summed E-state index contributed by atoms with van der Waals surface area (Å²) in [4.78, 5) is 0. The molecule has 0 unspecified atom stereocenters. The molecule has 64 heavy (non-hydrogen) atoms. The van der Waals surface area contributed by atoms with Gasteiger partial charge in [0.2, 0.25) is 0 Å². The minimum absolute atomic E-state index is 0.889. The standard InChI is InChI=1S/C58H38O4Si2/c1-63(2)49-30-42(32-22-24-36-34-14-6-10-18-44(34)60-48(36)28-32)55-54(38-16-8-12-20-46(38)61-55)52(49)39-25-26-40-53-50(64(3,4)58(40)57(39)63)29-41(51-37-15-7-11-19-45(37)62-56(51)53)31-21-23-35-33-13-5-9-17-43(33)59-47(35)27-31/h5-30H,1-4H3. The van der Waals surface area contributed by atoms with Gasteiger partial charge in [0.05, 0.1) is 0 Å². The maximum Gasteiger partial charge on any atom is 0.143 e. The predicted octanol–water partition coefficient (Wildman–Crippen LogP) is 14.2. The van der Waals surface area contributed by atoms with Crippen LogP contribution in [0.25, 0.3) is 132 Å². The first-order valence-corrected chi connectivity index (χ1v) is 28.2. The molecule has 0 aliphatic carbocycles. The van der Waals surface area contributed by atoms with Gasteiger partial charge in [0.25, 0.3) is 0 Å². The third-order valence-corrected chi connectivity index (χ3v) is 22.3. The van der Waals surface area contributed by atoms with Gasteiger partial charge in [-0.3, -0.25) is 0 Å². The second-order valence-corrected chi connectivity index (χ2v) is 27.7. The number of rotatable bonds is 2. The molecule has 0 saturated carbocycles.